The molecule has 0 aliphatic rings. The van der Waals surface area contributed by atoms with Crippen molar-refractivity contribution < 1.29 is 14.0 Å². The lowest BCUT2D eigenvalue weighted by Gasteiger charge is -2.17. The molecule has 28 heavy (non-hydrogen) atoms. The summed E-state index contributed by atoms with van der Waals surface area (Å²) < 4.78 is 15.2. The standard InChI is InChI=1S/C22H22FN3O2/c1-5-19(28)26(4)16-8-6-7-14(9-16)21-17(23)10-15(11-18(24)27)22-20(21)12(2)13(3)25-22/h5-10,25H,1,11H2,2-4H3,(H2,24,27). The maximum Gasteiger partial charge on any atom is 0.250 e. The molecular weight excluding hydrogens is 357 g/mol. The molecule has 0 bridgehead atoms. The van der Waals surface area contributed by atoms with Gasteiger partial charge in [-0.05, 0) is 54.8 Å². The highest BCUT2D eigenvalue weighted by Gasteiger charge is 2.20. The number of likely N-dealkylation sites (N-methyl/N-ethyl adjacent to an activating group) is 1. The van der Waals surface area contributed by atoms with Crippen molar-refractivity contribution in [1.82, 2.24) is 4.98 Å². The van der Waals surface area contributed by atoms with Gasteiger partial charge >= 0.3 is 0 Å². The van der Waals surface area contributed by atoms with Gasteiger partial charge in [-0.2, -0.15) is 0 Å². The largest absolute Gasteiger partial charge is 0.369 e. The van der Waals surface area contributed by atoms with E-state index in [2.05, 4.69) is 11.6 Å². The van der Waals surface area contributed by atoms with Crippen LogP contribution in [0.3, 0.4) is 0 Å². The third-order valence-electron chi connectivity index (χ3n) is 5.00. The van der Waals surface area contributed by atoms with E-state index < -0.39 is 11.7 Å². The highest BCUT2D eigenvalue weighted by Crippen LogP contribution is 2.38. The van der Waals surface area contributed by atoms with Crippen LogP contribution in [-0.2, 0) is 16.0 Å². The molecule has 0 atom stereocenters. The van der Waals surface area contributed by atoms with Gasteiger partial charge in [0, 0.05) is 29.4 Å². The van der Waals surface area contributed by atoms with Crippen LogP contribution in [-0.4, -0.2) is 23.8 Å². The fourth-order valence-electron chi connectivity index (χ4n) is 3.43. The number of nitrogens with two attached hydrogens (primary N) is 1. The number of rotatable bonds is 5. The van der Waals surface area contributed by atoms with Gasteiger partial charge in [-0.25, -0.2) is 4.39 Å². The monoisotopic (exact) mass is 379 g/mol. The molecule has 0 saturated carbocycles. The first-order valence-electron chi connectivity index (χ1n) is 8.83. The minimum Gasteiger partial charge on any atom is -0.369 e. The van der Waals surface area contributed by atoms with Gasteiger partial charge in [0.2, 0.25) is 11.8 Å². The van der Waals surface area contributed by atoms with Gasteiger partial charge in [0.25, 0.3) is 0 Å². The van der Waals surface area contributed by atoms with Crippen LogP contribution in [0, 0.1) is 19.7 Å². The van der Waals surface area contributed by atoms with Crippen molar-refractivity contribution in [3.8, 4) is 11.1 Å². The lowest BCUT2D eigenvalue weighted by atomic mass is 9.94. The number of aryl methyl sites for hydroxylation is 2. The van der Waals surface area contributed by atoms with Gasteiger partial charge in [0.15, 0.2) is 0 Å². The molecule has 0 aliphatic heterocycles. The predicted molar refractivity (Wildman–Crippen MR) is 110 cm³/mol. The van der Waals surface area contributed by atoms with Crippen LogP contribution >= 0.6 is 0 Å². The normalized spacial score (nSPS) is 10.9. The molecule has 3 N–H and O–H groups in total. The van der Waals surface area contributed by atoms with Crippen molar-refractivity contribution >= 4 is 28.4 Å². The molecule has 0 spiro atoms. The predicted octanol–water partition coefficient (Wildman–Crippen LogP) is 3.77. The van der Waals surface area contributed by atoms with Crippen LogP contribution in [0.1, 0.15) is 16.8 Å². The number of fused-ring (bicyclic) bond motifs is 1. The molecule has 2 amide bonds. The molecule has 0 radical (unpaired) electrons. The number of halogens is 1. The zero-order chi connectivity index (χ0) is 20.6. The van der Waals surface area contributed by atoms with Crippen molar-refractivity contribution in [1.29, 1.82) is 0 Å². The number of hydrogen-bond donors (Lipinski definition) is 2. The number of carbonyl (C=O) groups excluding carboxylic acids is 2. The molecule has 6 heteroatoms. The summed E-state index contributed by atoms with van der Waals surface area (Å²) in [5, 5.41) is 0.712. The summed E-state index contributed by atoms with van der Waals surface area (Å²) in [6, 6.07) is 8.45. The van der Waals surface area contributed by atoms with Crippen LogP contribution in [0.4, 0.5) is 10.1 Å². The zero-order valence-electron chi connectivity index (χ0n) is 16.1. The van der Waals surface area contributed by atoms with Crippen molar-refractivity contribution in [3.63, 3.8) is 0 Å². The Morgan fingerprint density at radius 2 is 2.00 bits per heavy atom. The number of primary amides is 1. The summed E-state index contributed by atoms with van der Waals surface area (Å²) in [5.41, 5.74) is 10.0. The fourth-order valence-corrected chi connectivity index (χ4v) is 3.43. The average Bonchev–Trinajstić information content (AvgIpc) is 2.95. The maximum absolute atomic E-state index is 15.2. The van der Waals surface area contributed by atoms with Crippen molar-refractivity contribution in [3.05, 3.63) is 65.6 Å². The third-order valence-corrected chi connectivity index (χ3v) is 5.00. The van der Waals surface area contributed by atoms with E-state index in [9.17, 15) is 9.59 Å². The van der Waals surface area contributed by atoms with Gasteiger partial charge < -0.3 is 15.6 Å². The first kappa shape index (κ1) is 19.4. The molecular formula is C22H22FN3O2. The van der Waals surface area contributed by atoms with Crippen LogP contribution < -0.4 is 10.6 Å². The van der Waals surface area contributed by atoms with E-state index in [4.69, 9.17) is 5.73 Å². The Morgan fingerprint density at radius 3 is 2.64 bits per heavy atom. The number of anilines is 1. The molecule has 3 aromatic rings. The molecule has 144 valence electrons. The Labute approximate surface area is 162 Å². The number of nitrogens with one attached hydrogen (secondary N) is 1. The van der Waals surface area contributed by atoms with E-state index in [1.54, 1.807) is 31.3 Å². The van der Waals surface area contributed by atoms with Crippen molar-refractivity contribution in [2.24, 2.45) is 5.73 Å². The zero-order valence-corrected chi connectivity index (χ0v) is 16.1. The molecule has 0 aliphatic carbocycles. The van der Waals surface area contributed by atoms with E-state index in [1.165, 1.54) is 17.0 Å². The summed E-state index contributed by atoms with van der Waals surface area (Å²) in [6.07, 6.45) is 1.17. The first-order valence-corrected chi connectivity index (χ1v) is 8.83. The highest BCUT2D eigenvalue weighted by atomic mass is 19.1. The third kappa shape index (κ3) is 3.29. The second kappa shape index (κ2) is 7.31. The van der Waals surface area contributed by atoms with Gasteiger partial charge in [-0.1, -0.05) is 18.7 Å². The maximum atomic E-state index is 15.2. The summed E-state index contributed by atoms with van der Waals surface area (Å²) in [6.45, 7) is 7.30. The summed E-state index contributed by atoms with van der Waals surface area (Å²) in [5.74, 6) is -1.22. The Hall–Kier alpha value is -3.41. The first-order chi connectivity index (χ1) is 13.2. The SMILES string of the molecule is C=CC(=O)N(C)c1cccc(-c2c(F)cc(CC(N)=O)c3[nH]c(C)c(C)c23)c1. The van der Waals surface area contributed by atoms with E-state index >= 15 is 4.39 Å². The summed E-state index contributed by atoms with van der Waals surface area (Å²) >= 11 is 0. The Kier molecular flexibility index (Phi) is 5.05. The molecule has 0 fully saturated rings. The lowest BCUT2D eigenvalue weighted by Crippen LogP contribution is -2.23. The molecule has 1 heterocycles. The second-order valence-electron chi connectivity index (χ2n) is 6.81. The van der Waals surface area contributed by atoms with Gasteiger partial charge in [0.1, 0.15) is 5.82 Å². The quantitative estimate of drug-likeness (QED) is 0.662. The van der Waals surface area contributed by atoms with Crippen molar-refractivity contribution in [2.75, 3.05) is 11.9 Å². The number of amides is 2. The minimum absolute atomic E-state index is 0.0519. The number of benzene rings is 2. The number of hydrogen-bond acceptors (Lipinski definition) is 2. The van der Waals surface area contributed by atoms with Crippen LogP contribution in [0.15, 0.2) is 43.0 Å². The van der Waals surface area contributed by atoms with Gasteiger partial charge in [0.05, 0.1) is 11.9 Å². The fraction of sp³-hybridized carbons (Fsp3) is 0.182. The number of carbonyl (C=O) groups is 2. The Balaban J connectivity index is 2.27. The number of H-pyrrole nitrogens is 1. The molecule has 0 unspecified atom stereocenters. The molecule has 2 aromatic carbocycles. The Bertz CT molecular complexity index is 1110. The topological polar surface area (TPSA) is 79.2 Å². The molecule has 3 rings (SSSR count). The van der Waals surface area contributed by atoms with E-state index in [-0.39, 0.29) is 12.3 Å². The molecule has 5 nitrogen and oxygen atoms in total. The molecule has 1 aromatic heterocycles. The summed E-state index contributed by atoms with van der Waals surface area (Å²) in [4.78, 5) is 28.0. The van der Waals surface area contributed by atoms with Crippen LogP contribution in [0.25, 0.3) is 22.0 Å². The van der Waals surface area contributed by atoms with E-state index in [0.29, 0.717) is 33.3 Å². The number of aromatic nitrogens is 1. The average molecular weight is 379 g/mol. The second-order valence-corrected chi connectivity index (χ2v) is 6.81. The molecule has 0 saturated heterocycles. The van der Waals surface area contributed by atoms with Crippen LogP contribution in [0.2, 0.25) is 0 Å². The number of aromatic amines is 1. The van der Waals surface area contributed by atoms with Gasteiger partial charge in [-0.3, -0.25) is 9.59 Å². The number of nitrogens with zero attached hydrogens (tertiary/aromatic N) is 1. The highest BCUT2D eigenvalue weighted by molar-refractivity contribution is 6.03. The van der Waals surface area contributed by atoms with Crippen molar-refractivity contribution in [2.45, 2.75) is 20.3 Å². The van der Waals surface area contributed by atoms with Gasteiger partial charge in [-0.15, -0.1) is 0 Å². The smallest absolute Gasteiger partial charge is 0.250 e. The minimum atomic E-state index is -0.523. The summed E-state index contributed by atoms with van der Waals surface area (Å²) in [7, 11) is 1.64. The van der Waals surface area contributed by atoms with E-state index in [0.717, 1.165) is 11.3 Å². The van der Waals surface area contributed by atoms with Crippen LogP contribution in [0.5, 0.6) is 0 Å². The van der Waals surface area contributed by atoms with E-state index in [1.807, 2.05) is 13.8 Å². The Morgan fingerprint density at radius 1 is 1.29 bits per heavy atom. The lowest BCUT2D eigenvalue weighted by molar-refractivity contribution is -0.117.